The molecule has 0 fully saturated rings. The Morgan fingerprint density at radius 3 is 2.67 bits per heavy atom. The maximum Gasteiger partial charge on any atom is 0.152 e. The van der Waals surface area contributed by atoms with E-state index in [-0.39, 0.29) is 0 Å². The molecule has 4 nitrogen and oxygen atoms in total. The molecule has 0 aromatic carbocycles. The number of nitrogens with two attached hydrogens (primary N) is 1. The predicted octanol–water partition coefficient (Wildman–Crippen LogP) is 0.0363. The van der Waals surface area contributed by atoms with Crippen molar-refractivity contribution in [3.05, 3.63) is 10.3 Å². The van der Waals surface area contributed by atoms with E-state index in [0.717, 1.165) is 10.3 Å². The number of hydrogen-bond acceptors (Lipinski definition) is 3. The van der Waals surface area contributed by atoms with Crippen LogP contribution < -0.4 is 5.73 Å². The average molecular weight is 191 g/mol. The van der Waals surface area contributed by atoms with E-state index in [0.29, 0.717) is 6.54 Å². The number of nitrogens with zero attached hydrogens (tertiary/aromatic N) is 3. The molecule has 1 aromatic rings. The molecule has 0 radical (unpaired) electrons. The Balaban J connectivity index is 3.07. The van der Waals surface area contributed by atoms with Crippen LogP contribution in [0, 0.1) is 0 Å². The van der Waals surface area contributed by atoms with Gasteiger partial charge in [0.15, 0.2) is 4.60 Å². The number of aryl methyl sites for hydroxylation is 1. The van der Waals surface area contributed by atoms with Gasteiger partial charge < -0.3 is 5.73 Å². The zero-order valence-electron chi connectivity index (χ0n) is 5.00. The second kappa shape index (κ2) is 2.45. The third kappa shape index (κ3) is 1.11. The number of rotatable bonds is 1. The second-order valence-corrected chi connectivity index (χ2v) is 2.41. The van der Waals surface area contributed by atoms with Crippen LogP contribution in [-0.4, -0.2) is 15.0 Å². The molecule has 1 rings (SSSR count). The standard InChI is InChI=1S/C4H7BrN4/c1-9-3(2-6)4(5)7-8-9/h2,6H2,1H3. The summed E-state index contributed by atoms with van der Waals surface area (Å²) in [5.74, 6) is 0. The molecule has 0 amide bonds. The van der Waals surface area contributed by atoms with Gasteiger partial charge in [0, 0.05) is 13.6 Å². The molecule has 2 N–H and O–H groups in total. The molecule has 0 aliphatic carbocycles. The van der Waals surface area contributed by atoms with Crippen LogP contribution in [0.3, 0.4) is 0 Å². The van der Waals surface area contributed by atoms with Crippen molar-refractivity contribution < 1.29 is 0 Å². The van der Waals surface area contributed by atoms with E-state index in [4.69, 9.17) is 5.73 Å². The summed E-state index contributed by atoms with van der Waals surface area (Å²) in [4.78, 5) is 0. The zero-order chi connectivity index (χ0) is 6.85. The van der Waals surface area contributed by atoms with Gasteiger partial charge in [-0.3, -0.25) is 0 Å². The van der Waals surface area contributed by atoms with E-state index < -0.39 is 0 Å². The fraction of sp³-hybridized carbons (Fsp3) is 0.500. The minimum atomic E-state index is 0.462. The van der Waals surface area contributed by atoms with Gasteiger partial charge in [-0.2, -0.15) is 0 Å². The summed E-state index contributed by atoms with van der Waals surface area (Å²) in [7, 11) is 1.81. The normalized spacial score (nSPS) is 10.1. The van der Waals surface area contributed by atoms with Crippen molar-refractivity contribution in [3.8, 4) is 0 Å². The monoisotopic (exact) mass is 190 g/mol. The van der Waals surface area contributed by atoms with Crippen molar-refractivity contribution >= 4 is 15.9 Å². The van der Waals surface area contributed by atoms with Crippen molar-refractivity contribution in [2.24, 2.45) is 12.8 Å². The highest BCUT2D eigenvalue weighted by Crippen LogP contribution is 2.09. The van der Waals surface area contributed by atoms with Gasteiger partial charge in [0.05, 0.1) is 5.69 Å². The minimum Gasteiger partial charge on any atom is -0.325 e. The third-order valence-corrected chi connectivity index (χ3v) is 1.71. The van der Waals surface area contributed by atoms with Crippen LogP contribution in [0.2, 0.25) is 0 Å². The topological polar surface area (TPSA) is 56.7 Å². The molecule has 50 valence electrons. The Labute approximate surface area is 61.2 Å². The molecule has 0 unspecified atom stereocenters. The highest BCUT2D eigenvalue weighted by atomic mass is 79.9. The molecular formula is C4H7BrN4. The first-order chi connectivity index (χ1) is 4.25. The summed E-state index contributed by atoms with van der Waals surface area (Å²) in [5.41, 5.74) is 6.28. The van der Waals surface area contributed by atoms with Gasteiger partial charge in [-0.05, 0) is 15.9 Å². The lowest BCUT2D eigenvalue weighted by atomic mass is 10.5. The summed E-state index contributed by atoms with van der Waals surface area (Å²) in [6.45, 7) is 0.462. The first kappa shape index (κ1) is 6.70. The van der Waals surface area contributed by atoms with Crippen LogP contribution in [0.15, 0.2) is 4.60 Å². The molecule has 0 aliphatic heterocycles. The van der Waals surface area contributed by atoms with Gasteiger partial charge in [0.2, 0.25) is 0 Å². The fourth-order valence-corrected chi connectivity index (χ4v) is 1.06. The lowest BCUT2D eigenvalue weighted by molar-refractivity contribution is 0.678. The van der Waals surface area contributed by atoms with Gasteiger partial charge in [-0.1, -0.05) is 5.21 Å². The first-order valence-electron chi connectivity index (χ1n) is 2.50. The predicted molar refractivity (Wildman–Crippen MR) is 36.6 cm³/mol. The molecule has 5 heteroatoms. The lowest BCUT2D eigenvalue weighted by Crippen LogP contribution is -2.04. The van der Waals surface area contributed by atoms with E-state index >= 15 is 0 Å². The Morgan fingerprint density at radius 1 is 1.78 bits per heavy atom. The van der Waals surface area contributed by atoms with Crippen molar-refractivity contribution in [1.82, 2.24) is 15.0 Å². The summed E-state index contributed by atoms with van der Waals surface area (Å²) in [5, 5.41) is 7.46. The molecule has 0 aliphatic rings. The molecule has 0 saturated heterocycles. The fourth-order valence-electron chi connectivity index (χ4n) is 0.568. The number of halogens is 1. The van der Waals surface area contributed by atoms with Crippen LogP contribution in [0.1, 0.15) is 5.69 Å². The molecular weight excluding hydrogens is 184 g/mol. The van der Waals surface area contributed by atoms with Crippen LogP contribution in [-0.2, 0) is 13.6 Å². The SMILES string of the molecule is Cn1nnc(Br)c1CN. The van der Waals surface area contributed by atoms with Crippen molar-refractivity contribution in [3.63, 3.8) is 0 Å². The Bertz CT molecular complexity index is 187. The van der Waals surface area contributed by atoms with Crippen LogP contribution in [0.4, 0.5) is 0 Å². The Hall–Kier alpha value is -0.420. The van der Waals surface area contributed by atoms with Crippen LogP contribution >= 0.6 is 15.9 Å². The zero-order valence-corrected chi connectivity index (χ0v) is 6.59. The smallest absolute Gasteiger partial charge is 0.152 e. The van der Waals surface area contributed by atoms with E-state index in [2.05, 4.69) is 26.2 Å². The van der Waals surface area contributed by atoms with Crippen molar-refractivity contribution in [2.75, 3.05) is 0 Å². The molecule has 0 bridgehead atoms. The molecule has 0 saturated carbocycles. The highest BCUT2D eigenvalue weighted by Gasteiger charge is 2.02. The van der Waals surface area contributed by atoms with Gasteiger partial charge >= 0.3 is 0 Å². The molecule has 0 atom stereocenters. The summed E-state index contributed by atoms with van der Waals surface area (Å²) in [6.07, 6.45) is 0. The highest BCUT2D eigenvalue weighted by molar-refractivity contribution is 9.10. The first-order valence-corrected chi connectivity index (χ1v) is 3.29. The third-order valence-electron chi connectivity index (χ3n) is 1.09. The maximum atomic E-state index is 5.37. The summed E-state index contributed by atoms with van der Waals surface area (Å²) < 4.78 is 2.37. The largest absolute Gasteiger partial charge is 0.325 e. The number of aromatic nitrogens is 3. The summed E-state index contributed by atoms with van der Waals surface area (Å²) >= 11 is 3.20. The van der Waals surface area contributed by atoms with Crippen molar-refractivity contribution in [1.29, 1.82) is 0 Å². The summed E-state index contributed by atoms with van der Waals surface area (Å²) in [6, 6.07) is 0. The molecule has 1 heterocycles. The Morgan fingerprint density at radius 2 is 2.44 bits per heavy atom. The van der Waals surface area contributed by atoms with E-state index in [1.807, 2.05) is 0 Å². The molecule has 9 heavy (non-hydrogen) atoms. The average Bonchev–Trinajstić information content (AvgIpc) is 2.12. The maximum absolute atomic E-state index is 5.37. The van der Waals surface area contributed by atoms with Gasteiger partial charge in [0.25, 0.3) is 0 Å². The van der Waals surface area contributed by atoms with E-state index in [1.165, 1.54) is 0 Å². The molecule has 0 spiro atoms. The second-order valence-electron chi connectivity index (χ2n) is 1.65. The Kier molecular flexibility index (Phi) is 1.82. The van der Waals surface area contributed by atoms with Crippen LogP contribution in [0.25, 0.3) is 0 Å². The number of hydrogen-bond donors (Lipinski definition) is 1. The lowest BCUT2D eigenvalue weighted by Gasteiger charge is -1.92. The molecule has 1 aromatic heterocycles. The van der Waals surface area contributed by atoms with Crippen molar-refractivity contribution in [2.45, 2.75) is 6.54 Å². The quantitative estimate of drug-likeness (QED) is 0.681. The van der Waals surface area contributed by atoms with E-state index in [1.54, 1.807) is 11.7 Å². The minimum absolute atomic E-state index is 0.462. The van der Waals surface area contributed by atoms with E-state index in [9.17, 15) is 0 Å². The van der Waals surface area contributed by atoms with Gasteiger partial charge in [0.1, 0.15) is 0 Å². The van der Waals surface area contributed by atoms with Gasteiger partial charge in [-0.25, -0.2) is 4.68 Å². The van der Waals surface area contributed by atoms with Gasteiger partial charge in [-0.15, -0.1) is 5.10 Å². The van der Waals surface area contributed by atoms with Crippen LogP contribution in [0.5, 0.6) is 0 Å².